The Kier molecular flexibility index (Phi) is 4.24. The maximum Gasteiger partial charge on any atom is 0.152 e. The van der Waals surface area contributed by atoms with Crippen molar-refractivity contribution in [3.63, 3.8) is 0 Å². The Bertz CT molecular complexity index is 266. The number of hydrogen-bond donors (Lipinski definition) is 0. The summed E-state index contributed by atoms with van der Waals surface area (Å²) in [6.07, 6.45) is 9.52. The minimum Gasteiger partial charge on any atom is -0.298 e. The lowest BCUT2D eigenvalue weighted by atomic mass is 9.86. The Morgan fingerprint density at radius 1 is 1.24 bits per heavy atom. The van der Waals surface area contributed by atoms with Crippen molar-refractivity contribution < 1.29 is 4.79 Å². The van der Waals surface area contributed by atoms with E-state index in [1.165, 1.54) is 32.1 Å². The Morgan fingerprint density at radius 3 is 2.41 bits per heavy atom. The summed E-state index contributed by atoms with van der Waals surface area (Å²) in [4.78, 5) is 14.9. The topological polar surface area (TPSA) is 20.3 Å². The lowest BCUT2D eigenvalue weighted by Crippen LogP contribution is -2.53. The highest BCUT2D eigenvalue weighted by Gasteiger charge is 2.38. The van der Waals surface area contributed by atoms with Crippen molar-refractivity contribution >= 4 is 5.78 Å². The summed E-state index contributed by atoms with van der Waals surface area (Å²) < 4.78 is 0. The zero-order valence-corrected chi connectivity index (χ0v) is 11.5. The van der Waals surface area contributed by atoms with Crippen LogP contribution in [-0.2, 0) is 4.79 Å². The van der Waals surface area contributed by atoms with Crippen molar-refractivity contribution in [2.24, 2.45) is 5.92 Å². The van der Waals surface area contributed by atoms with Crippen molar-refractivity contribution in [1.82, 2.24) is 4.90 Å². The first-order chi connectivity index (χ1) is 8.16. The van der Waals surface area contributed by atoms with Crippen molar-refractivity contribution in [3.05, 3.63) is 0 Å². The van der Waals surface area contributed by atoms with Gasteiger partial charge < -0.3 is 0 Å². The van der Waals surface area contributed by atoms with E-state index in [9.17, 15) is 4.79 Å². The third kappa shape index (κ3) is 3.09. The molecule has 1 saturated heterocycles. The Morgan fingerprint density at radius 2 is 1.88 bits per heavy atom. The van der Waals surface area contributed by atoms with Crippen LogP contribution >= 0.6 is 0 Å². The van der Waals surface area contributed by atoms with Crippen LogP contribution in [0.3, 0.4) is 0 Å². The molecule has 1 aliphatic heterocycles. The average Bonchev–Trinajstić information content (AvgIpc) is 3.20. The van der Waals surface area contributed by atoms with E-state index in [1.54, 1.807) is 0 Å². The maximum atomic E-state index is 12.5. The lowest BCUT2D eigenvalue weighted by Gasteiger charge is -2.42. The van der Waals surface area contributed by atoms with Gasteiger partial charge in [0.05, 0.1) is 5.54 Å². The molecule has 2 fully saturated rings. The van der Waals surface area contributed by atoms with Crippen LogP contribution in [0.1, 0.15) is 65.2 Å². The van der Waals surface area contributed by atoms with E-state index in [1.807, 2.05) is 0 Å². The molecule has 1 saturated carbocycles. The van der Waals surface area contributed by atoms with Gasteiger partial charge in [-0.2, -0.15) is 0 Å². The maximum absolute atomic E-state index is 12.5. The van der Waals surface area contributed by atoms with E-state index in [2.05, 4.69) is 18.7 Å². The van der Waals surface area contributed by atoms with Crippen molar-refractivity contribution in [1.29, 1.82) is 0 Å². The van der Waals surface area contributed by atoms with Crippen LogP contribution < -0.4 is 0 Å². The van der Waals surface area contributed by atoms with Gasteiger partial charge in [-0.05, 0) is 51.6 Å². The molecule has 0 spiro atoms. The van der Waals surface area contributed by atoms with E-state index in [0.29, 0.717) is 5.78 Å². The number of carbonyl (C=O) groups is 1. The molecule has 0 N–H and O–H groups in total. The number of Topliss-reactive ketones (excluding diaryl/α,β-unsaturated/α-hetero) is 1. The smallest absolute Gasteiger partial charge is 0.152 e. The van der Waals surface area contributed by atoms with Crippen LogP contribution in [0.5, 0.6) is 0 Å². The average molecular weight is 237 g/mol. The third-order valence-electron chi connectivity index (χ3n) is 4.82. The first kappa shape index (κ1) is 13.1. The Hall–Kier alpha value is -0.370. The monoisotopic (exact) mass is 237 g/mol. The van der Waals surface area contributed by atoms with Gasteiger partial charge in [-0.15, -0.1) is 0 Å². The molecule has 0 aromatic heterocycles. The van der Waals surface area contributed by atoms with Gasteiger partial charge in [0, 0.05) is 6.42 Å². The van der Waals surface area contributed by atoms with Crippen molar-refractivity contribution in [2.45, 2.75) is 70.8 Å². The summed E-state index contributed by atoms with van der Waals surface area (Å²) in [5.41, 5.74) is -0.171. The Balaban J connectivity index is 1.92. The zero-order valence-electron chi connectivity index (χ0n) is 11.5. The molecule has 1 unspecified atom stereocenters. The number of rotatable bonds is 6. The molecule has 1 heterocycles. The molecule has 2 heteroatoms. The third-order valence-corrected chi connectivity index (χ3v) is 4.82. The minimum atomic E-state index is -0.171. The van der Waals surface area contributed by atoms with Crippen LogP contribution in [0.25, 0.3) is 0 Å². The molecule has 2 rings (SSSR count). The lowest BCUT2D eigenvalue weighted by molar-refractivity contribution is -0.131. The van der Waals surface area contributed by atoms with Gasteiger partial charge in [0.1, 0.15) is 0 Å². The van der Waals surface area contributed by atoms with Gasteiger partial charge >= 0.3 is 0 Å². The summed E-state index contributed by atoms with van der Waals surface area (Å²) >= 11 is 0. The number of nitrogens with zero attached hydrogens (tertiary/aromatic N) is 1. The Labute approximate surface area is 106 Å². The predicted octanol–water partition coefficient (Wildman–Crippen LogP) is 3.40. The molecule has 2 nitrogen and oxygen atoms in total. The first-order valence-corrected chi connectivity index (χ1v) is 7.45. The largest absolute Gasteiger partial charge is 0.298 e. The normalized spacial score (nSPS) is 25.5. The van der Waals surface area contributed by atoms with Gasteiger partial charge in [0.25, 0.3) is 0 Å². The van der Waals surface area contributed by atoms with Crippen LogP contribution in [0, 0.1) is 5.92 Å². The van der Waals surface area contributed by atoms with E-state index in [4.69, 9.17) is 0 Å². The van der Waals surface area contributed by atoms with Gasteiger partial charge in [0.2, 0.25) is 0 Å². The highest BCUT2D eigenvalue weighted by molar-refractivity contribution is 5.88. The molecule has 0 aromatic carbocycles. The molecular formula is C15H27NO. The van der Waals surface area contributed by atoms with Gasteiger partial charge in [-0.1, -0.05) is 26.2 Å². The SMILES string of the molecule is CCC(C)(C(=O)CCC1CC1)N1CCCCC1. The summed E-state index contributed by atoms with van der Waals surface area (Å²) in [5, 5.41) is 0. The number of piperidine rings is 1. The second-order valence-electron chi connectivity index (χ2n) is 6.08. The molecule has 98 valence electrons. The quantitative estimate of drug-likeness (QED) is 0.705. The van der Waals surface area contributed by atoms with Crippen molar-refractivity contribution in [3.8, 4) is 0 Å². The second-order valence-corrected chi connectivity index (χ2v) is 6.08. The number of carbonyl (C=O) groups excluding carboxylic acids is 1. The fourth-order valence-corrected chi connectivity index (χ4v) is 3.00. The zero-order chi connectivity index (χ0) is 12.3. The summed E-state index contributed by atoms with van der Waals surface area (Å²) in [6, 6.07) is 0. The van der Waals surface area contributed by atoms with E-state index in [0.717, 1.165) is 38.3 Å². The van der Waals surface area contributed by atoms with E-state index >= 15 is 0 Å². The highest BCUT2D eigenvalue weighted by atomic mass is 16.1. The van der Waals surface area contributed by atoms with Crippen LogP contribution in [0.2, 0.25) is 0 Å². The van der Waals surface area contributed by atoms with E-state index < -0.39 is 0 Å². The van der Waals surface area contributed by atoms with E-state index in [-0.39, 0.29) is 5.54 Å². The molecular weight excluding hydrogens is 210 g/mol. The standard InChI is InChI=1S/C15H27NO/c1-3-15(2,16-11-5-4-6-12-16)14(17)10-9-13-7-8-13/h13H,3-12H2,1-2H3. The molecule has 0 bridgehead atoms. The first-order valence-electron chi connectivity index (χ1n) is 7.45. The fraction of sp³-hybridized carbons (Fsp3) is 0.933. The predicted molar refractivity (Wildman–Crippen MR) is 71.1 cm³/mol. The molecule has 0 amide bonds. The number of likely N-dealkylation sites (tertiary alicyclic amines) is 1. The molecule has 2 aliphatic rings. The van der Waals surface area contributed by atoms with Crippen LogP contribution in [0.15, 0.2) is 0 Å². The number of ketones is 1. The molecule has 17 heavy (non-hydrogen) atoms. The highest BCUT2D eigenvalue weighted by Crippen LogP contribution is 2.35. The summed E-state index contributed by atoms with van der Waals surface area (Å²) in [7, 11) is 0. The number of hydrogen-bond acceptors (Lipinski definition) is 2. The molecule has 0 radical (unpaired) electrons. The minimum absolute atomic E-state index is 0.171. The van der Waals surface area contributed by atoms with Crippen LogP contribution in [-0.4, -0.2) is 29.3 Å². The van der Waals surface area contributed by atoms with Crippen molar-refractivity contribution in [2.75, 3.05) is 13.1 Å². The summed E-state index contributed by atoms with van der Waals surface area (Å²) in [6.45, 7) is 6.59. The molecule has 1 atom stereocenters. The van der Waals surface area contributed by atoms with Gasteiger partial charge in [-0.3, -0.25) is 9.69 Å². The second kappa shape index (κ2) is 5.51. The van der Waals surface area contributed by atoms with Gasteiger partial charge in [-0.25, -0.2) is 0 Å². The van der Waals surface area contributed by atoms with Crippen LogP contribution in [0.4, 0.5) is 0 Å². The fourth-order valence-electron chi connectivity index (χ4n) is 3.00. The summed E-state index contributed by atoms with van der Waals surface area (Å²) in [5.74, 6) is 1.37. The van der Waals surface area contributed by atoms with Gasteiger partial charge in [0.15, 0.2) is 5.78 Å². The molecule has 1 aliphatic carbocycles. The molecule has 0 aromatic rings.